The topological polar surface area (TPSA) is 26.0 Å². The van der Waals surface area contributed by atoms with Crippen molar-refractivity contribution in [3.8, 4) is 0 Å². The summed E-state index contributed by atoms with van der Waals surface area (Å²) in [5, 5.41) is 0. The van der Waals surface area contributed by atoms with Gasteiger partial charge in [-0.05, 0) is 38.0 Å². The molecule has 0 aromatic carbocycles. The van der Waals surface area contributed by atoms with Gasteiger partial charge in [-0.25, -0.2) is 0 Å². The molecule has 0 heterocycles. The first-order valence-corrected chi connectivity index (χ1v) is 4.77. The van der Waals surface area contributed by atoms with Gasteiger partial charge in [0.25, 0.3) is 0 Å². The number of hydrogen-bond donors (Lipinski definition) is 1. The highest BCUT2D eigenvalue weighted by molar-refractivity contribution is 5.03. The standard InChI is InChI=1S/C9H14F3N/c10-9(11,12)7-5-6-1-3-8(7,13)4-2-6/h6-7H,1-5,13H2. The zero-order valence-corrected chi connectivity index (χ0v) is 7.40. The molecule has 76 valence electrons. The molecule has 2 N–H and O–H groups in total. The lowest BCUT2D eigenvalue weighted by atomic mass is 9.60. The highest BCUT2D eigenvalue weighted by Gasteiger charge is 2.56. The van der Waals surface area contributed by atoms with E-state index >= 15 is 0 Å². The monoisotopic (exact) mass is 193 g/mol. The van der Waals surface area contributed by atoms with E-state index in [1.165, 1.54) is 0 Å². The molecule has 3 aliphatic carbocycles. The maximum absolute atomic E-state index is 12.6. The fraction of sp³-hybridized carbons (Fsp3) is 1.00. The van der Waals surface area contributed by atoms with Gasteiger partial charge in [0.2, 0.25) is 0 Å². The molecule has 1 nitrogen and oxygen atoms in total. The molecular formula is C9H14F3N. The van der Waals surface area contributed by atoms with Crippen molar-refractivity contribution < 1.29 is 13.2 Å². The van der Waals surface area contributed by atoms with Gasteiger partial charge in [0, 0.05) is 5.54 Å². The highest BCUT2D eigenvalue weighted by atomic mass is 19.4. The van der Waals surface area contributed by atoms with E-state index in [0.29, 0.717) is 12.8 Å². The number of rotatable bonds is 0. The molecule has 0 spiro atoms. The summed E-state index contributed by atoms with van der Waals surface area (Å²) in [6, 6.07) is 0. The quantitative estimate of drug-likeness (QED) is 0.628. The summed E-state index contributed by atoms with van der Waals surface area (Å²) in [6.07, 6.45) is -0.927. The summed E-state index contributed by atoms with van der Waals surface area (Å²) in [5.74, 6) is -0.968. The minimum absolute atomic E-state index is 0.264. The zero-order valence-electron chi connectivity index (χ0n) is 7.40. The molecule has 0 aromatic heterocycles. The Balaban J connectivity index is 2.21. The molecule has 3 rings (SSSR count). The Morgan fingerprint density at radius 1 is 1.15 bits per heavy atom. The fourth-order valence-electron chi connectivity index (χ4n) is 2.83. The second kappa shape index (κ2) is 2.62. The summed E-state index contributed by atoms with van der Waals surface area (Å²) >= 11 is 0. The van der Waals surface area contributed by atoms with Crippen LogP contribution in [0.2, 0.25) is 0 Å². The zero-order chi connectivity index (χ0) is 9.69. The van der Waals surface area contributed by atoms with Gasteiger partial charge in [0.1, 0.15) is 0 Å². The molecule has 1 unspecified atom stereocenters. The maximum Gasteiger partial charge on any atom is 0.393 e. The highest BCUT2D eigenvalue weighted by Crippen LogP contribution is 2.52. The summed E-state index contributed by atoms with van der Waals surface area (Å²) < 4.78 is 37.7. The van der Waals surface area contributed by atoms with E-state index in [1.54, 1.807) is 0 Å². The van der Waals surface area contributed by atoms with E-state index in [1.807, 2.05) is 0 Å². The maximum atomic E-state index is 12.6. The molecule has 1 atom stereocenters. The Hall–Kier alpha value is -0.250. The average molecular weight is 193 g/mol. The van der Waals surface area contributed by atoms with Gasteiger partial charge >= 0.3 is 6.18 Å². The van der Waals surface area contributed by atoms with Crippen LogP contribution in [0.4, 0.5) is 13.2 Å². The van der Waals surface area contributed by atoms with Gasteiger partial charge in [-0.15, -0.1) is 0 Å². The first kappa shape index (κ1) is 9.31. The van der Waals surface area contributed by atoms with Gasteiger partial charge in [0.15, 0.2) is 0 Å². The number of halogens is 3. The predicted molar refractivity (Wildman–Crippen MR) is 43.0 cm³/mol. The normalized spacial score (nSPS) is 45.2. The second-order valence-corrected chi connectivity index (χ2v) is 4.51. The van der Waals surface area contributed by atoms with Crippen molar-refractivity contribution in [2.75, 3.05) is 0 Å². The SMILES string of the molecule is NC12CCC(CC1)CC2C(F)(F)F. The molecule has 13 heavy (non-hydrogen) atoms. The molecule has 3 aliphatic rings. The van der Waals surface area contributed by atoms with Crippen LogP contribution in [0.1, 0.15) is 32.1 Å². The van der Waals surface area contributed by atoms with Crippen LogP contribution >= 0.6 is 0 Å². The lowest BCUT2D eigenvalue weighted by Gasteiger charge is -2.50. The van der Waals surface area contributed by atoms with E-state index < -0.39 is 17.6 Å². The minimum Gasteiger partial charge on any atom is -0.325 e. The molecule has 3 fully saturated rings. The Bertz CT molecular complexity index is 203. The van der Waals surface area contributed by atoms with Crippen molar-refractivity contribution in [1.29, 1.82) is 0 Å². The number of nitrogens with two attached hydrogens (primary N) is 1. The van der Waals surface area contributed by atoms with Crippen molar-refractivity contribution in [2.24, 2.45) is 17.6 Å². The number of hydrogen-bond acceptors (Lipinski definition) is 1. The Kier molecular flexibility index (Phi) is 1.88. The van der Waals surface area contributed by atoms with E-state index in [9.17, 15) is 13.2 Å². The fourth-order valence-corrected chi connectivity index (χ4v) is 2.83. The average Bonchev–Trinajstić information content (AvgIpc) is 2.03. The molecule has 0 radical (unpaired) electrons. The smallest absolute Gasteiger partial charge is 0.325 e. The lowest BCUT2D eigenvalue weighted by molar-refractivity contribution is -0.214. The molecule has 3 saturated carbocycles. The minimum atomic E-state index is -4.09. The third-order valence-corrected chi connectivity index (χ3v) is 3.69. The van der Waals surface area contributed by atoms with Crippen molar-refractivity contribution in [3.05, 3.63) is 0 Å². The summed E-state index contributed by atoms with van der Waals surface area (Å²) in [6.45, 7) is 0. The van der Waals surface area contributed by atoms with Gasteiger partial charge in [0.05, 0.1) is 5.92 Å². The van der Waals surface area contributed by atoms with E-state index in [4.69, 9.17) is 5.73 Å². The largest absolute Gasteiger partial charge is 0.393 e. The molecule has 2 bridgehead atoms. The molecule has 0 amide bonds. The first-order chi connectivity index (χ1) is 5.92. The van der Waals surface area contributed by atoms with Crippen LogP contribution in [0, 0.1) is 11.8 Å². The Labute approximate surface area is 75.5 Å². The summed E-state index contributed by atoms with van der Waals surface area (Å²) in [5.41, 5.74) is 4.87. The van der Waals surface area contributed by atoms with Crippen LogP contribution in [-0.2, 0) is 0 Å². The summed E-state index contributed by atoms with van der Waals surface area (Å²) in [7, 11) is 0. The molecular weight excluding hydrogens is 179 g/mol. The number of fused-ring (bicyclic) bond motifs is 3. The third kappa shape index (κ3) is 1.45. The second-order valence-electron chi connectivity index (χ2n) is 4.51. The Morgan fingerprint density at radius 2 is 1.69 bits per heavy atom. The summed E-state index contributed by atoms with van der Waals surface area (Å²) in [4.78, 5) is 0. The van der Waals surface area contributed by atoms with Gasteiger partial charge in [-0.3, -0.25) is 0 Å². The first-order valence-electron chi connectivity index (χ1n) is 4.77. The van der Waals surface area contributed by atoms with Crippen molar-refractivity contribution in [2.45, 2.75) is 43.8 Å². The lowest BCUT2D eigenvalue weighted by Crippen LogP contribution is -2.59. The van der Waals surface area contributed by atoms with E-state index in [0.717, 1.165) is 12.8 Å². The van der Waals surface area contributed by atoms with Gasteiger partial charge in [-0.2, -0.15) is 13.2 Å². The van der Waals surface area contributed by atoms with Crippen LogP contribution in [0.15, 0.2) is 0 Å². The van der Waals surface area contributed by atoms with E-state index in [-0.39, 0.29) is 12.3 Å². The van der Waals surface area contributed by atoms with Gasteiger partial charge < -0.3 is 5.73 Å². The molecule has 0 aliphatic heterocycles. The van der Waals surface area contributed by atoms with Crippen LogP contribution < -0.4 is 5.73 Å². The van der Waals surface area contributed by atoms with Crippen LogP contribution in [0.3, 0.4) is 0 Å². The number of alkyl halides is 3. The van der Waals surface area contributed by atoms with E-state index in [2.05, 4.69) is 0 Å². The van der Waals surface area contributed by atoms with Crippen molar-refractivity contribution in [1.82, 2.24) is 0 Å². The predicted octanol–water partition coefficient (Wildman–Crippen LogP) is 2.46. The third-order valence-electron chi connectivity index (χ3n) is 3.69. The molecule has 0 saturated heterocycles. The Morgan fingerprint density at radius 3 is 2.00 bits per heavy atom. The van der Waals surface area contributed by atoms with Crippen LogP contribution in [-0.4, -0.2) is 11.7 Å². The molecule has 0 aromatic rings. The van der Waals surface area contributed by atoms with Crippen LogP contribution in [0.5, 0.6) is 0 Å². The van der Waals surface area contributed by atoms with Crippen molar-refractivity contribution >= 4 is 0 Å². The van der Waals surface area contributed by atoms with Gasteiger partial charge in [-0.1, -0.05) is 0 Å². The van der Waals surface area contributed by atoms with Crippen LogP contribution in [0.25, 0.3) is 0 Å². The van der Waals surface area contributed by atoms with Crippen molar-refractivity contribution in [3.63, 3.8) is 0 Å². The molecule has 4 heteroatoms.